The molecule has 2 aromatic rings. The molecule has 3 amide bonds. The molecule has 224 valence electrons. The van der Waals surface area contributed by atoms with E-state index < -0.39 is 29.3 Å². The van der Waals surface area contributed by atoms with E-state index in [1.54, 1.807) is 31.7 Å². The molecular formula is C34H49N3O4. The Hall–Kier alpha value is -3.61. The number of rotatable bonds is 14. The standard InChI is InChI=1S/C34H49N3O4/c1-9-12-16-22-35-30(38)29(27-21-17-20-25(10-2)23-27)37(34(7,8)11-3)31(39)28(24-26-18-14-13-15-19-26)36-32(40)41-33(4,5)6/h10,13-15,17-21,23,28-29H,2,9,11-12,16,22,24H2,1,3-8H3,(H,35,38)(H,36,40). The molecule has 0 heterocycles. The summed E-state index contributed by atoms with van der Waals surface area (Å²) in [5.74, 6) is -0.614. The molecule has 2 unspecified atom stereocenters. The first kappa shape index (κ1) is 33.6. The maximum absolute atomic E-state index is 14.7. The summed E-state index contributed by atoms with van der Waals surface area (Å²) in [6.07, 6.45) is 4.75. The molecule has 0 radical (unpaired) electrons. The molecular weight excluding hydrogens is 514 g/mol. The lowest BCUT2D eigenvalue weighted by atomic mass is 9.90. The Kier molecular flexibility index (Phi) is 12.6. The van der Waals surface area contributed by atoms with E-state index >= 15 is 0 Å². The second-order valence-corrected chi connectivity index (χ2v) is 12.0. The first-order valence-electron chi connectivity index (χ1n) is 14.7. The summed E-state index contributed by atoms with van der Waals surface area (Å²) in [5.41, 5.74) is 0.947. The number of benzene rings is 2. The summed E-state index contributed by atoms with van der Waals surface area (Å²) >= 11 is 0. The number of hydrogen-bond donors (Lipinski definition) is 2. The highest BCUT2D eigenvalue weighted by molar-refractivity contribution is 5.93. The summed E-state index contributed by atoms with van der Waals surface area (Å²) < 4.78 is 5.54. The van der Waals surface area contributed by atoms with Gasteiger partial charge in [-0.25, -0.2) is 4.79 Å². The number of alkyl carbamates (subject to hydrolysis) is 1. The lowest BCUT2D eigenvalue weighted by molar-refractivity contribution is -0.149. The number of ether oxygens (including phenoxy) is 1. The van der Waals surface area contributed by atoms with Crippen molar-refractivity contribution < 1.29 is 19.1 Å². The third kappa shape index (κ3) is 10.4. The van der Waals surface area contributed by atoms with Crippen molar-refractivity contribution in [2.45, 2.75) is 104 Å². The van der Waals surface area contributed by atoms with Gasteiger partial charge in [-0.3, -0.25) is 9.59 Å². The van der Waals surface area contributed by atoms with E-state index in [4.69, 9.17) is 4.74 Å². The molecule has 0 aromatic heterocycles. The molecule has 7 nitrogen and oxygen atoms in total. The van der Waals surface area contributed by atoms with E-state index in [0.29, 0.717) is 18.5 Å². The van der Waals surface area contributed by atoms with Gasteiger partial charge >= 0.3 is 6.09 Å². The SMILES string of the molecule is C=Cc1cccc(C(C(=O)NCCCCC)N(C(=O)C(Cc2ccccc2)NC(=O)OC(C)(C)C)C(C)(C)CC)c1. The Morgan fingerprint density at radius 1 is 0.976 bits per heavy atom. The van der Waals surface area contributed by atoms with Crippen LogP contribution in [0, 0.1) is 0 Å². The van der Waals surface area contributed by atoms with E-state index in [-0.39, 0.29) is 18.2 Å². The van der Waals surface area contributed by atoms with Crippen molar-refractivity contribution in [3.8, 4) is 0 Å². The zero-order chi connectivity index (χ0) is 30.6. The monoisotopic (exact) mass is 563 g/mol. The lowest BCUT2D eigenvalue weighted by Crippen LogP contribution is -2.60. The fraction of sp³-hybridized carbons (Fsp3) is 0.500. The van der Waals surface area contributed by atoms with Crippen LogP contribution in [-0.4, -0.2) is 46.5 Å². The number of amides is 3. The van der Waals surface area contributed by atoms with E-state index in [0.717, 1.165) is 30.4 Å². The van der Waals surface area contributed by atoms with Crippen molar-refractivity contribution in [2.75, 3.05) is 6.54 Å². The van der Waals surface area contributed by atoms with Gasteiger partial charge in [0.15, 0.2) is 0 Å². The second kappa shape index (κ2) is 15.4. The van der Waals surface area contributed by atoms with Crippen molar-refractivity contribution in [3.05, 3.63) is 77.9 Å². The molecule has 0 spiro atoms. The minimum Gasteiger partial charge on any atom is -0.444 e. The van der Waals surface area contributed by atoms with Gasteiger partial charge in [-0.1, -0.05) is 87.9 Å². The Morgan fingerprint density at radius 2 is 1.66 bits per heavy atom. The van der Waals surface area contributed by atoms with Crippen LogP contribution in [0.5, 0.6) is 0 Å². The van der Waals surface area contributed by atoms with Gasteiger partial charge in [0, 0.05) is 18.5 Å². The number of carbonyl (C=O) groups is 3. The minimum absolute atomic E-state index is 0.243. The number of unbranched alkanes of at least 4 members (excludes halogenated alkanes) is 2. The molecule has 0 bridgehead atoms. The van der Waals surface area contributed by atoms with Gasteiger partial charge in [0.1, 0.15) is 17.7 Å². The molecule has 41 heavy (non-hydrogen) atoms. The van der Waals surface area contributed by atoms with Crippen LogP contribution >= 0.6 is 0 Å². The summed E-state index contributed by atoms with van der Waals surface area (Å²) in [7, 11) is 0. The van der Waals surface area contributed by atoms with E-state index in [1.165, 1.54) is 0 Å². The molecule has 0 saturated heterocycles. The second-order valence-electron chi connectivity index (χ2n) is 12.0. The normalized spacial score (nSPS) is 13.0. The average Bonchev–Trinajstić information content (AvgIpc) is 2.92. The summed E-state index contributed by atoms with van der Waals surface area (Å²) in [6.45, 7) is 17.7. The molecule has 2 aromatic carbocycles. The fourth-order valence-corrected chi connectivity index (χ4v) is 4.57. The van der Waals surface area contributed by atoms with E-state index in [1.807, 2.05) is 75.4 Å². The van der Waals surface area contributed by atoms with Crippen LogP contribution in [0.4, 0.5) is 4.79 Å². The van der Waals surface area contributed by atoms with Crippen LogP contribution in [0.3, 0.4) is 0 Å². The highest BCUT2D eigenvalue weighted by Crippen LogP contribution is 2.33. The smallest absolute Gasteiger partial charge is 0.408 e. The maximum Gasteiger partial charge on any atom is 0.408 e. The number of hydrogen-bond acceptors (Lipinski definition) is 4. The highest BCUT2D eigenvalue weighted by atomic mass is 16.6. The molecule has 0 aliphatic rings. The van der Waals surface area contributed by atoms with Crippen molar-refractivity contribution in [3.63, 3.8) is 0 Å². The van der Waals surface area contributed by atoms with Gasteiger partial charge in [-0.15, -0.1) is 0 Å². The Labute approximate surface area is 246 Å². The predicted octanol–water partition coefficient (Wildman–Crippen LogP) is 6.83. The summed E-state index contributed by atoms with van der Waals surface area (Å²) in [4.78, 5) is 43.2. The molecule has 2 atom stereocenters. The first-order chi connectivity index (χ1) is 19.3. The van der Waals surface area contributed by atoms with Crippen LogP contribution in [0.1, 0.15) is 96.9 Å². The first-order valence-corrected chi connectivity index (χ1v) is 14.7. The van der Waals surface area contributed by atoms with E-state index in [2.05, 4.69) is 24.1 Å². The van der Waals surface area contributed by atoms with Crippen LogP contribution in [0.25, 0.3) is 6.08 Å². The minimum atomic E-state index is -0.962. The summed E-state index contributed by atoms with van der Waals surface area (Å²) in [5, 5.41) is 5.90. The zero-order valence-electron chi connectivity index (χ0n) is 26.0. The van der Waals surface area contributed by atoms with Crippen LogP contribution in [-0.2, 0) is 20.7 Å². The van der Waals surface area contributed by atoms with Crippen LogP contribution in [0.15, 0.2) is 61.2 Å². The number of nitrogens with one attached hydrogen (secondary N) is 2. The molecule has 0 saturated carbocycles. The van der Waals surface area contributed by atoms with Crippen molar-refractivity contribution in [1.82, 2.24) is 15.5 Å². The van der Waals surface area contributed by atoms with Crippen molar-refractivity contribution in [2.24, 2.45) is 0 Å². The molecule has 0 fully saturated rings. The topological polar surface area (TPSA) is 87.7 Å². The van der Waals surface area contributed by atoms with Gasteiger partial charge in [0.25, 0.3) is 0 Å². The Bertz CT molecular complexity index is 1150. The van der Waals surface area contributed by atoms with Gasteiger partial charge in [-0.2, -0.15) is 0 Å². The molecule has 0 aliphatic carbocycles. The van der Waals surface area contributed by atoms with E-state index in [9.17, 15) is 14.4 Å². The third-order valence-electron chi connectivity index (χ3n) is 7.07. The fourth-order valence-electron chi connectivity index (χ4n) is 4.57. The molecule has 0 aliphatic heterocycles. The molecule has 2 rings (SSSR count). The molecule has 2 N–H and O–H groups in total. The average molecular weight is 564 g/mol. The number of carbonyl (C=O) groups excluding carboxylic acids is 3. The maximum atomic E-state index is 14.7. The van der Waals surface area contributed by atoms with Gasteiger partial charge in [0.2, 0.25) is 11.8 Å². The quantitative estimate of drug-likeness (QED) is 0.247. The van der Waals surface area contributed by atoms with Crippen LogP contribution < -0.4 is 10.6 Å². The van der Waals surface area contributed by atoms with Gasteiger partial charge in [-0.05, 0) is 70.2 Å². The Balaban J connectivity index is 2.63. The predicted molar refractivity (Wildman–Crippen MR) is 166 cm³/mol. The number of nitrogens with zero attached hydrogens (tertiary/aromatic N) is 1. The zero-order valence-corrected chi connectivity index (χ0v) is 26.0. The third-order valence-corrected chi connectivity index (χ3v) is 7.07. The highest BCUT2D eigenvalue weighted by Gasteiger charge is 2.43. The van der Waals surface area contributed by atoms with Crippen LogP contribution in [0.2, 0.25) is 0 Å². The van der Waals surface area contributed by atoms with Crippen molar-refractivity contribution in [1.29, 1.82) is 0 Å². The lowest BCUT2D eigenvalue weighted by Gasteiger charge is -2.44. The van der Waals surface area contributed by atoms with Crippen molar-refractivity contribution >= 4 is 24.0 Å². The Morgan fingerprint density at radius 3 is 2.24 bits per heavy atom. The van der Waals surface area contributed by atoms with Gasteiger partial charge < -0.3 is 20.3 Å². The molecule has 7 heteroatoms. The largest absolute Gasteiger partial charge is 0.444 e. The summed E-state index contributed by atoms with van der Waals surface area (Å²) in [6, 6.07) is 15.2. The van der Waals surface area contributed by atoms with Gasteiger partial charge in [0.05, 0.1) is 0 Å².